The van der Waals surface area contributed by atoms with E-state index in [1.807, 2.05) is 37.4 Å². The minimum atomic E-state index is -1.08. The summed E-state index contributed by atoms with van der Waals surface area (Å²) >= 11 is 1.51. The Kier molecular flexibility index (Phi) is 7.57. The van der Waals surface area contributed by atoms with Crippen LogP contribution in [0.4, 0.5) is 0 Å². The third-order valence-electron chi connectivity index (χ3n) is 5.01. The van der Waals surface area contributed by atoms with Crippen molar-refractivity contribution in [2.45, 2.75) is 31.9 Å². The molecule has 1 heterocycles. The van der Waals surface area contributed by atoms with Crippen LogP contribution in [0.15, 0.2) is 42.5 Å². The van der Waals surface area contributed by atoms with Crippen LogP contribution < -0.4 is 10.1 Å². The third-order valence-corrected chi connectivity index (χ3v) is 5.65. The van der Waals surface area contributed by atoms with Gasteiger partial charge in [0.2, 0.25) is 0 Å². The summed E-state index contributed by atoms with van der Waals surface area (Å²) in [6.45, 7) is 1.58. The molecule has 3 rings (SSSR count). The Labute approximate surface area is 185 Å². The van der Waals surface area contributed by atoms with Crippen LogP contribution in [0.3, 0.4) is 0 Å². The lowest BCUT2D eigenvalue weighted by atomic mass is 9.93. The van der Waals surface area contributed by atoms with E-state index in [0.29, 0.717) is 35.5 Å². The van der Waals surface area contributed by atoms with Crippen LogP contribution in [0.5, 0.6) is 5.75 Å². The second kappa shape index (κ2) is 10.3. The van der Waals surface area contributed by atoms with E-state index in [4.69, 9.17) is 9.47 Å². The second-order valence-electron chi connectivity index (χ2n) is 7.32. The molecule has 31 heavy (non-hydrogen) atoms. The number of carboxylic acids is 1. The Hall–Kier alpha value is -3.00. The molecule has 1 aliphatic heterocycles. The number of aliphatic carboxylic acids is 1. The zero-order chi connectivity index (χ0) is 22.4. The summed E-state index contributed by atoms with van der Waals surface area (Å²) in [4.78, 5) is 36.0. The van der Waals surface area contributed by atoms with Crippen molar-refractivity contribution < 1.29 is 29.0 Å². The lowest BCUT2D eigenvalue weighted by Gasteiger charge is -2.26. The highest BCUT2D eigenvalue weighted by atomic mass is 32.2. The van der Waals surface area contributed by atoms with Gasteiger partial charge in [-0.15, -0.1) is 0 Å². The molecule has 164 valence electrons. The monoisotopic (exact) mass is 443 g/mol. The largest absolute Gasteiger partial charge is 0.483 e. The number of fused-ring (bicyclic) bond motifs is 1. The van der Waals surface area contributed by atoms with Gasteiger partial charge in [-0.25, -0.2) is 9.59 Å². The Balaban J connectivity index is 1.72. The highest BCUT2D eigenvalue weighted by molar-refractivity contribution is 7.98. The normalized spacial score (nSPS) is 16.1. The number of benzene rings is 2. The Bertz CT molecular complexity index is 976. The number of hydrogen-bond acceptors (Lipinski definition) is 6. The van der Waals surface area contributed by atoms with Crippen LogP contribution >= 0.6 is 11.8 Å². The number of ether oxygens (including phenoxy) is 2. The molecule has 0 radical (unpaired) electrons. The molecular weight excluding hydrogens is 418 g/mol. The average molecular weight is 444 g/mol. The maximum absolute atomic E-state index is 12.4. The number of rotatable bonds is 9. The predicted octanol–water partition coefficient (Wildman–Crippen LogP) is 3.15. The van der Waals surface area contributed by atoms with Gasteiger partial charge in [0, 0.05) is 12.0 Å². The van der Waals surface area contributed by atoms with Crippen molar-refractivity contribution in [3.63, 3.8) is 0 Å². The number of carboxylic acid groups (broad SMARTS) is 1. The topological polar surface area (TPSA) is 102 Å². The van der Waals surface area contributed by atoms with Gasteiger partial charge in [0.15, 0.2) is 6.61 Å². The lowest BCUT2D eigenvalue weighted by molar-refractivity contribution is -0.142. The Morgan fingerprint density at radius 2 is 2.06 bits per heavy atom. The summed E-state index contributed by atoms with van der Waals surface area (Å²) in [7, 11) is 0. The molecule has 0 bridgehead atoms. The number of amides is 1. The molecule has 1 amide bonds. The van der Waals surface area contributed by atoms with E-state index in [-0.39, 0.29) is 6.61 Å². The average Bonchev–Trinajstić information content (AvgIpc) is 2.75. The van der Waals surface area contributed by atoms with Gasteiger partial charge >= 0.3 is 11.9 Å². The minimum Gasteiger partial charge on any atom is -0.483 e. The van der Waals surface area contributed by atoms with E-state index in [1.165, 1.54) is 11.8 Å². The molecule has 0 aromatic heterocycles. The minimum absolute atomic E-state index is 0.329. The molecule has 0 unspecified atom stereocenters. The maximum Gasteiger partial charge on any atom is 0.339 e. The Morgan fingerprint density at radius 3 is 2.81 bits per heavy atom. The van der Waals surface area contributed by atoms with Crippen molar-refractivity contribution in [3.8, 4) is 5.75 Å². The molecule has 2 aromatic carbocycles. The van der Waals surface area contributed by atoms with Gasteiger partial charge in [0.05, 0.1) is 5.56 Å². The van der Waals surface area contributed by atoms with E-state index in [0.717, 1.165) is 11.1 Å². The third kappa shape index (κ3) is 5.79. The number of carbonyl (C=O) groups excluding carboxylic acids is 2. The fraction of sp³-hybridized carbons (Fsp3) is 0.348. The van der Waals surface area contributed by atoms with Gasteiger partial charge in [-0.2, -0.15) is 11.8 Å². The molecule has 0 spiro atoms. The summed E-state index contributed by atoms with van der Waals surface area (Å²) < 4.78 is 11.4. The van der Waals surface area contributed by atoms with Crippen molar-refractivity contribution in [2.75, 3.05) is 18.6 Å². The standard InChI is InChI=1S/C23H25NO6S/c1-14-7-8-19(29-13-21(25)24-18(22(26)27)9-10-31-2)17(11-14)20-12-15-5-3-4-6-16(15)23(28)30-20/h3-8,11,18,20H,9-10,12-13H2,1-2H3,(H,24,25)(H,26,27)/t18-,20+/m1/s1. The number of aryl methyl sites for hydroxylation is 1. The highest BCUT2D eigenvalue weighted by Gasteiger charge is 2.29. The number of cyclic esters (lactones) is 1. The summed E-state index contributed by atoms with van der Waals surface area (Å²) in [5.41, 5.74) is 3.09. The number of thioether (sulfide) groups is 1. The van der Waals surface area contributed by atoms with Gasteiger partial charge in [0.1, 0.15) is 17.9 Å². The Morgan fingerprint density at radius 1 is 1.29 bits per heavy atom. The molecule has 0 aliphatic carbocycles. The zero-order valence-electron chi connectivity index (χ0n) is 17.4. The number of esters is 1. The highest BCUT2D eigenvalue weighted by Crippen LogP contribution is 2.35. The van der Waals surface area contributed by atoms with E-state index in [2.05, 4.69) is 5.32 Å². The van der Waals surface area contributed by atoms with Crippen molar-refractivity contribution in [2.24, 2.45) is 0 Å². The van der Waals surface area contributed by atoms with Crippen LogP contribution in [-0.2, 0) is 20.7 Å². The maximum atomic E-state index is 12.4. The molecular formula is C23H25NO6S. The molecule has 2 N–H and O–H groups in total. The smallest absolute Gasteiger partial charge is 0.339 e. The number of nitrogens with one attached hydrogen (secondary N) is 1. The van der Waals surface area contributed by atoms with Crippen LogP contribution in [0.2, 0.25) is 0 Å². The van der Waals surface area contributed by atoms with Gasteiger partial charge in [-0.3, -0.25) is 4.79 Å². The first-order valence-corrected chi connectivity index (χ1v) is 11.3. The fourth-order valence-electron chi connectivity index (χ4n) is 3.43. The summed E-state index contributed by atoms with van der Waals surface area (Å²) in [6, 6.07) is 11.8. The first-order valence-electron chi connectivity index (χ1n) is 9.92. The molecule has 0 fully saturated rings. The summed E-state index contributed by atoms with van der Waals surface area (Å²) in [5.74, 6) is -0.948. The number of carbonyl (C=O) groups is 3. The molecule has 8 heteroatoms. The van der Waals surface area contributed by atoms with Gasteiger partial charge in [-0.1, -0.05) is 29.8 Å². The van der Waals surface area contributed by atoms with Crippen molar-refractivity contribution >= 4 is 29.6 Å². The second-order valence-corrected chi connectivity index (χ2v) is 8.31. The van der Waals surface area contributed by atoms with Crippen molar-refractivity contribution in [3.05, 3.63) is 64.7 Å². The van der Waals surface area contributed by atoms with E-state index < -0.39 is 30.0 Å². The molecule has 2 aromatic rings. The first-order chi connectivity index (χ1) is 14.9. The molecule has 0 saturated carbocycles. The predicted molar refractivity (Wildman–Crippen MR) is 118 cm³/mol. The van der Waals surface area contributed by atoms with E-state index >= 15 is 0 Å². The first kappa shape index (κ1) is 22.7. The molecule has 1 aliphatic rings. The van der Waals surface area contributed by atoms with Crippen LogP contribution in [-0.4, -0.2) is 47.6 Å². The lowest BCUT2D eigenvalue weighted by Crippen LogP contribution is -2.43. The van der Waals surface area contributed by atoms with Crippen LogP contribution in [0, 0.1) is 6.92 Å². The molecule has 7 nitrogen and oxygen atoms in total. The van der Waals surface area contributed by atoms with Crippen LogP contribution in [0.25, 0.3) is 0 Å². The van der Waals surface area contributed by atoms with Gasteiger partial charge in [0.25, 0.3) is 5.91 Å². The van der Waals surface area contributed by atoms with E-state index in [9.17, 15) is 19.5 Å². The summed E-state index contributed by atoms with van der Waals surface area (Å²) in [5, 5.41) is 11.8. The van der Waals surface area contributed by atoms with E-state index in [1.54, 1.807) is 18.2 Å². The SMILES string of the molecule is CSCC[C@@H](NC(=O)COc1ccc(C)cc1[C@@H]1Cc2ccccc2C(=O)O1)C(=O)O. The van der Waals surface area contributed by atoms with Crippen molar-refractivity contribution in [1.29, 1.82) is 0 Å². The number of hydrogen-bond donors (Lipinski definition) is 2. The van der Waals surface area contributed by atoms with Crippen LogP contribution in [0.1, 0.15) is 39.6 Å². The fourth-order valence-corrected chi connectivity index (χ4v) is 3.90. The zero-order valence-corrected chi connectivity index (χ0v) is 18.2. The quantitative estimate of drug-likeness (QED) is 0.574. The summed E-state index contributed by atoms with van der Waals surface area (Å²) in [6.07, 6.45) is 2.17. The van der Waals surface area contributed by atoms with Gasteiger partial charge in [-0.05, 0) is 49.1 Å². The van der Waals surface area contributed by atoms with Crippen molar-refractivity contribution in [1.82, 2.24) is 5.32 Å². The van der Waals surface area contributed by atoms with Gasteiger partial charge < -0.3 is 19.9 Å². The molecule has 2 atom stereocenters. The molecule has 0 saturated heterocycles.